The van der Waals surface area contributed by atoms with Gasteiger partial charge in [-0.3, -0.25) is 9.98 Å². The van der Waals surface area contributed by atoms with E-state index in [1.807, 2.05) is 38.2 Å². The van der Waals surface area contributed by atoms with E-state index in [4.69, 9.17) is 4.99 Å². The number of aromatic nitrogens is 1. The molecule has 0 aliphatic rings. The summed E-state index contributed by atoms with van der Waals surface area (Å²) < 4.78 is 0. The Morgan fingerprint density at radius 3 is 1.89 bits per heavy atom. The van der Waals surface area contributed by atoms with Crippen LogP contribution in [0.5, 0.6) is 0 Å². The van der Waals surface area contributed by atoms with E-state index in [1.54, 1.807) is 0 Å². The SMILES string of the molecule is CC.CC(=NC(C)C(C)Cc1c(C)c(C)c(C)c(C)c1C)c1ccccn1. The fourth-order valence-corrected chi connectivity index (χ4v) is 3.45. The molecule has 0 aliphatic carbocycles. The summed E-state index contributed by atoms with van der Waals surface area (Å²) in [5, 5.41) is 0. The van der Waals surface area contributed by atoms with Gasteiger partial charge in [0.1, 0.15) is 0 Å². The highest BCUT2D eigenvalue weighted by molar-refractivity contribution is 5.96. The van der Waals surface area contributed by atoms with Crippen LogP contribution < -0.4 is 0 Å². The summed E-state index contributed by atoms with van der Waals surface area (Å²) >= 11 is 0. The van der Waals surface area contributed by atoms with Crippen LogP contribution in [0.2, 0.25) is 0 Å². The smallest absolute Gasteiger partial charge is 0.0837 e. The van der Waals surface area contributed by atoms with Gasteiger partial charge in [0, 0.05) is 6.20 Å². The first-order valence-corrected chi connectivity index (χ1v) is 10.3. The Morgan fingerprint density at radius 1 is 0.889 bits per heavy atom. The minimum absolute atomic E-state index is 0.266. The van der Waals surface area contributed by atoms with Gasteiger partial charge >= 0.3 is 0 Å². The maximum atomic E-state index is 4.92. The molecule has 1 heterocycles. The van der Waals surface area contributed by atoms with E-state index >= 15 is 0 Å². The molecule has 2 atom stereocenters. The number of hydrogen-bond acceptors (Lipinski definition) is 2. The van der Waals surface area contributed by atoms with Crippen molar-refractivity contribution < 1.29 is 0 Å². The zero-order valence-electron chi connectivity index (χ0n) is 19.1. The first-order valence-electron chi connectivity index (χ1n) is 10.3. The summed E-state index contributed by atoms with van der Waals surface area (Å²) in [7, 11) is 0. The predicted octanol–water partition coefficient (Wildman–Crippen LogP) is 6.73. The van der Waals surface area contributed by atoms with Gasteiger partial charge in [0.2, 0.25) is 0 Å². The standard InChI is InChI=1S/C23H32N2.C2H6/c1-14(20(7)25-21(8)23-11-9-10-12-24-23)13-22-18(5)16(3)15(2)17(4)19(22)6;1-2/h9-12,14,20H,13H2,1-8H3;1-2H3. The monoisotopic (exact) mass is 366 g/mol. The molecule has 0 radical (unpaired) electrons. The van der Waals surface area contributed by atoms with Crippen LogP contribution in [0.25, 0.3) is 0 Å². The third-order valence-electron chi connectivity index (χ3n) is 5.94. The number of hydrogen-bond donors (Lipinski definition) is 0. The van der Waals surface area contributed by atoms with Crippen molar-refractivity contribution in [1.82, 2.24) is 4.98 Å². The van der Waals surface area contributed by atoms with Gasteiger partial charge < -0.3 is 0 Å². The average Bonchev–Trinajstić information content (AvgIpc) is 2.70. The topological polar surface area (TPSA) is 25.2 Å². The van der Waals surface area contributed by atoms with Crippen LogP contribution in [0.4, 0.5) is 0 Å². The lowest BCUT2D eigenvalue weighted by Gasteiger charge is -2.23. The molecule has 2 nitrogen and oxygen atoms in total. The molecule has 148 valence electrons. The quantitative estimate of drug-likeness (QED) is 0.539. The van der Waals surface area contributed by atoms with Gasteiger partial charge in [0.15, 0.2) is 0 Å². The molecule has 2 rings (SSSR count). The molecule has 0 aliphatic heterocycles. The molecule has 0 bridgehead atoms. The lowest BCUT2D eigenvalue weighted by Crippen LogP contribution is -2.18. The molecule has 2 heteroatoms. The van der Waals surface area contributed by atoms with Crippen LogP contribution in [-0.4, -0.2) is 16.7 Å². The molecule has 0 spiro atoms. The molecule has 0 saturated carbocycles. The Labute approximate surface area is 167 Å². The highest BCUT2D eigenvalue weighted by atomic mass is 14.8. The minimum Gasteiger partial charge on any atom is -0.284 e. The highest BCUT2D eigenvalue weighted by Gasteiger charge is 2.18. The third-order valence-corrected chi connectivity index (χ3v) is 5.94. The first kappa shape index (κ1) is 23.1. The Bertz CT molecular complexity index is 744. The van der Waals surface area contributed by atoms with Crippen molar-refractivity contribution in [2.75, 3.05) is 0 Å². The van der Waals surface area contributed by atoms with Crippen molar-refractivity contribution in [2.24, 2.45) is 10.9 Å². The Hall–Kier alpha value is -1.96. The molecular formula is C25H38N2. The molecule has 0 fully saturated rings. The number of benzene rings is 1. The van der Waals surface area contributed by atoms with E-state index in [0.717, 1.165) is 17.8 Å². The molecule has 1 aromatic heterocycles. The number of aliphatic imine (C=N–C) groups is 1. The van der Waals surface area contributed by atoms with Crippen LogP contribution in [0.3, 0.4) is 0 Å². The van der Waals surface area contributed by atoms with Gasteiger partial charge in [0.25, 0.3) is 0 Å². The summed E-state index contributed by atoms with van der Waals surface area (Å²) in [6.45, 7) is 21.9. The van der Waals surface area contributed by atoms with Gasteiger partial charge in [-0.1, -0.05) is 26.8 Å². The van der Waals surface area contributed by atoms with Gasteiger partial charge in [0.05, 0.1) is 17.4 Å². The second-order valence-corrected chi connectivity index (χ2v) is 7.46. The second kappa shape index (κ2) is 10.4. The Kier molecular flexibility index (Phi) is 8.88. The van der Waals surface area contributed by atoms with Gasteiger partial charge in [-0.2, -0.15) is 0 Å². The fourth-order valence-electron chi connectivity index (χ4n) is 3.45. The molecule has 1 aromatic carbocycles. The zero-order chi connectivity index (χ0) is 20.7. The largest absolute Gasteiger partial charge is 0.284 e. The summed E-state index contributed by atoms with van der Waals surface area (Å²) in [5.74, 6) is 0.484. The minimum atomic E-state index is 0.266. The zero-order valence-corrected chi connectivity index (χ0v) is 19.1. The summed E-state index contributed by atoms with van der Waals surface area (Å²) in [6.07, 6.45) is 2.90. The Morgan fingerprint density at radius 2 is 1.41 bits per heavy atom. The lowest BCUT2D eigenvalue weighted by molar-refractivity contribution is 0.481. The predicted molar refractivity (Wildman–Crippen MR) is 120 cm³/mol. The maximum Gasteiger partial charge on any atom is 0.0837 e. The van der Waals surface area contributed by atoms with Crippen LogP contribution in [0.1, 0.15) is 73.7 Å². The van der Waals surface area contributed by atoms with E-state index in [0.29, 0.717) is 5.92 Å². The van der Waals surface area contributed by atoms with E-state index in [1.165, 1.54) is 33.4 Å². The lowest BCUT2D eigenvalue weighted by atomic mass is 9.84. The summed E-state index contributed by atoms with van der Waals surface area (Å²) in [4.78, 5) is 9.32. The van der Waals surface area contributed by atoms with Crippen LogP contribution in [0.15, 0.2) is 29.4 Å². The van der Waals surface area contributed by atoms with Gasteiger partial charge in [-0.15, -0.1) is 0 Å². The van der Waals surface area contributed by atoms with E-state index in [-0.39, 0.29) is 6.04 Å². The maximum absolute atomic E-state index is 4.92. The van der Waals surface area contributed by atoms with E-state index < -0.39 is 0 Å². The van der Waals surface area contributed by atoms with Crippen LogP contribution in [-0.2, 0) is 6.42 Å². The molecule has 0 amide bonds. The van der Waals surface area contributed by atoms with Crippen molar-refractivity contribution in [1.29, 1.82) is 0 Å². The summed E-state index contributed by atoms with van der Waals surface area (Å²) in [6, 6.07) is 6.25. The molecule has 0 saturated heterocycles. The average molecular weight is 367 g/mol. The van der Waals surface area contributed by atoms with Crippen molar-refractivity contribution in [2.45, 2.75) is 81.7 Å². The van der Waals surface area contributed by atoms with E-state index in [2.05, 4.69) is 60.4 Å². The van der Waals surface area contributed by atoms with Crippen LogP contribution in [0, 0.1) is 40.5 Å². The molecule has 2 unspecified atom stereocenters. The number of rotatable bonds is 5. The van der Waals surface area contributed by atoms with Gasteiger partial charge in [-0.05, 0) is 106 Å². The van der Waals surface area contributed by atoms with Crippen molar-refractivity contribution in [3.05, 3.63) is 63.5 Å². The third kappa shape index (κ3) is 5.51. The Balaban J connectivity index is 0.00000176. The molecule has 2 aromatic rings. The second-order valence-electron chi connectivity index (χ2n) is 7.46. The van der Waals surface area contributed by atoms with Crippen molar-refractivity contribution in [3.63, 3.8) is 0 Å². The fraction of sp³-hybridized carbons (Fsp3) is 0.520. The van der Waals surface area contributed by atoms with Gasteiger partial charge in [-0.25, -0.2) is 0 Å². The van der Waals surface area contributed by atoms with Crippen molar-refractivity contribution >= 4 is 5.71 Å². The number of nitrogens with zero attached hydrogens (tertiary/aromatic N) is 2. The molecule has 0 N–H and O–H groups in total. The summed E-state index contributed by atoms with van der Waals surface area (Å²) in [5.41, 5.74) is 10.7. The first-order chi connectivity index (χ1) is 12.7. The molecule has 27 heavy (non-hydrogen) atoms. The highest BCUT2D eigenvalue weighted by Crippen LogP contribution is 2.29. The number of pyridine rings is 1. The molecular weight excluding hydrogens is 328 g/mol. The van der Waals surface area contributed by atoms with Crippen molar-refractivity contribution in [3.8, 4) is 0 Å². The van der Waals surface area contributed by atoms with Crippen LogP contribution >= 0.6 is 0 Å². The normalized spacial score (nSPS) is 13.6. The van der Waals surface area contributed by atoms with E-state index in [9.17, 15) is 0 Å².